The van der Waals surface area contributed by atoms with Gasteiger partial charge in [-0.25, -0.2) is 14.0 Å². The molecule has 3 atom stereocenters. The first kappa shape index (κ1) is 25.2. The summed E-state index contributed by atoms with van der Waals surface area (Å²) in [7, 11) is 1.47. The molecule has 1 amide bonds. The molecule has 174 valence electrons. The molecule has 6 nitrogen and oxygen atoms in total. The molecule has 0 fully saturated rings. The van der Waals surface area contributed by atoms with Crippen LogP contribution in [0.25, 0.3) is 0 Å². The van der Waals surface area contributed by atoms with Gasteiger partial charge < -0.3 is 19.5 Å². The lowest BCUT2D eigenvalue weighted by Crippen LogP contribution is -2.43. The molecule has 32 heavy (non-hydrogen) atoms. The molecule has 0 aliphatic heterocycles. The molecule has 0 saturated heterocycles. The van der Waals surface area contributed by atoms with Gasteiger partial charge in [0, 0.05) is 17.5 Å². The molecule has 0 saturated carbocycles. The summed E-state index contributed by atoms with van der Waals surface area (Å²) < 4.78 is 30.1. The van der Waals surface area contributed by atoms with Crippen LogP contribution in [0.15, 0.2) is 42.5 Å². The van der Waals surface area contributed by atoms with E-state index in [1.807, 2.05) is 31.2 Å². The van der Waals surface area contributed by atoms with E-state index in [4.69, 9.17) is 14.2 Å². The standard InChI is InChI=1S/C25H32FNO5/c1-15-8-10-18(11-9-15)22(20-13-12-19(26)14-21(20)30-7)17(3)31-23(28)16(2)27-24(29)32-25(4,5)6/h8-14,16-17,22H,1-7H3,(H,27,29)/t16-,17-,22-/m0/s1. The van der Waals surface area contributed by atoms with Crippen molar-refractivity contribution in [1.82, 2.24) is 5.32 Å². The molecule has 2 aromatic carbocycles. The highest BCUT2D eigenvalue weighted by molar-refractivity contribution is 5.81. The van der Waals surface area contributed by atoms with Gasteiger partial charge >= 0.3 is 12.1 Å². The van der Waals surface area contributed by atoms with E-state index in [-0.39, 0.29) is 0 Å². The number of benzene rings is 2. The number of nitrogens with one attached hydrogen (secondary N) is 1. The Bertz CT molecular complexity index is 936. The number of halogens is 1. The van der Waals surface area contributed by atoms with Crippen LogP contribution in [0.2, 0.25) is 0 Å². The summed E-state index contributed by atoms with van der Waals surface area (Å²) in [5.41, 5.74) is 1.97. The van der Waals surface area contributed by atoms with Gasteiger partial charge in [0.1, 0.15) is 29.3 Å². The lowest BCUT2D eigenvalue weighted by atomic mass is 9.86. The fourth-order valence-corrected chi connectivity index (χ4v) is 3.32. The summed E-state index contributed by atoms with van der Waals surface area (Å²) in [4.78, 5) is 24.7. The molecule has 0 aromatic heterocycles. The predicted molar refractivity (Wildman–Crippen MR) is 120 cm³/mol. The average Bonchev–Trinajstić information content (AvgIpc) is 2.69. The molecule has 0 aliphatic rings. The Hall–Kier alpha value is -3.09. The van der Waals surface area contributed by atoms with E-state index in [2.05, 4.69) is 5.32 Å². The van der Waals surface area contributed by atoms with Crippen LogP contribution in [-0.2, 0) is 14.3 Å². The van der Waals surface area contributed by atoms with E-state index in [0.29, 0.717) is 11.3 Å². The van der Waals surface area contributed by atoms with Crippen LogP contribution in [0.1, 0.15) is 57.2 Å². The average molecular weight is 446 g/mol. The molecular formula is C25H32FNO5. The van der Waals surface area contributed by atoms with Crippen molar-refractivity contribution >= 4 is 12.1 Å². The van der Waals surface area contributed by atoms with Gasteiger partial charge in [-0.05, 0) is 53.2 Å². The zero-order valence-electron chi connectivity index (χ0n) is 19.7. The second-order valence-corrected chi connectivity index (χ2v) is 8.78. The minimum Gasteiger partial charge on any atom is -0.496 e. The third-order valence-electron chi connectivity index (χ3n) is 4.83. The predicted octanol–water partition coefficient (Wildman–Crippen LogP) is 5.12. The smallest absolute Gasteiger partial charge is 0.408 e. The number of carbonyl (C=O) groups excluding carboxylic acids is 2. The van der Waals surface area contributed by atoms with Crippen molar-refractivity contribution in [3.05, 3.63) is 65.0 Å². The molecule has 2 rings (SSSR count). The molecule has 0 aliphatic carbocycles. The number of alkyl carbamates (subject to hydrolysis) is 1. The number of amides is 1. The van der Waals surface area contributed by atoms with Gasteiger partial charge in [0.2, 0.25) is 0 Å². The summed E-state index contributed by atoms with van der Waals surface area (Å²) in [6, 6.07) is 11.2. The monoisotopic (exact) mass is 445 g/mol. The normalized spacial score (nSPS) is 14.1. The lowest BCUT2D eigenvalue weighted by Gasteiger charge is -2.28. The summed E-state index contributed by atoms with van der Waals surface area (Å²) >= 11 is 0. The number of rotatable bonds is 7. The van der Waals surface area contributed by atoms with E-state index < -0.39 is 41.5 Å². The maximum Gasteiger partial charge on any atom is 0.408 e. The van der Waals surface area contributed by atoms with Crippen molar-refractivity contribution in [3.63, 3.8) is 0 Å². The Labute approximate surface area is 189 Å². The number of esters is 1. The van der Waals surface area contributed by atoms with Crippen molar-refractivity contribution in [3.8, 4) is 5.75 Å². The van der Waals surface area contributed by atoms with Crippen molar-refractivity contribution in [2.45, 2.75) is 65.2 Å². The second kappa shape index (κ2) is 10.5. The molecule has 2 aromatic rings. The largest absolute Gasteiger partial charge is 0.496 e. The van der Waals surface area contributed by atoms with Gasteiger partial charge in [0.05, 0.1) is 7.11 Å². The van der Waals surface area contributed by atoms with Gasteiger partial charge in [-0.2, -0.15) is 0 Å². The Morgan fingerprint density at radius 1 is 1.03 bits per heavy atom. The molecule has 7 heteroatoms. The van der Waals surface area contributed by atoms with Crippen LogP contribution in [-0.4, -0.2) is 36.9 Å². The van der Waals surface area contributed by atoms with Gasteiger partial charge in [0.15, 0.2) is 0 Å². The number of methoxy groups -OCH3 is 1. The fourth-order valence-electron chi connectivity index (χ4n) is 3.32. The van der Waals surface area contributed by atoms with E-state index in [9.17, 15) is 14.0 Å². The van der Waals surface area contributed by atoms with Crippen LogP contribution in [0.3, 0.4) is 0 Å². The first-order chi connectivity index (χ1) is 14.9. The number of carbonyl (C=O) groups is 2. The quantitative estimate of drug-likeness (QED) is 0.599. The molecular weight excluding hydrogens is 413 g/mol. The van der Waals surface area contributed by atoms with Crippen LogP contribution in [0, 0.1) is 12.7 Å². The van der Waals surface area contributed by atoms with E-state index in [1.54, 1.807) is 33.8 Å². The summed E-state index contributed by atoms with van der Waals surface area (Å²) in [6.45, 7) is 10.5. The zero-order chi connectivity index (χ0) is 24.1. The Balaban J connectivity index is 2.27. The molecule has 0 spiro atoms. The number of ether oxygens (including phenoxy) is 3. The maximum atomic E-state index is 13.8. The topological polar surface area (TPSA) is 73.9 Å². The van der Waals surface area contributed by atoms with Crippen molar-refractivity contribution in [2.24, 2.45) is 0 Å². The molecule has 0 radical (unpaired) electrons. The maximum absolute atomic E-state index is 13.8. The SMILES string of the molecule is COc1cc(F)ccc1[C@H](c1ccc(C)cc1)[C@H](C)OC(=O)[C@H](C)NC(=O)OC(C)(C)C. The highest BCUT2D eigenvalue weighted by Crippen LogP contribution is 2.36. The van der Waals surface area contributed by atoms with Crippen LogP contribution < -0.4 is 10.1 Å². The molecule has 0 bridgehead atoms. The fraction of sp³-hybridized carbons (Fsp3) is 0.440. The summed E-state index contributed by atoms with van der Waals surface area (Å²) in [5.74, 6) is -1.09. The minimum absolute atomic E-state index is 0.360. The van der Waals surface area contributed by atoms with E-state index >= 15 is 0 Å². The van der Waals surface area contributed by atoms with Gasteiger partial charge in [0.25, 0.3) is 0 Å². The van der Waals surface area contributed by atoms with Crippen molar-refractivity contribution < 1.29 is 28.2 Å². The van der Waals surface area contributed by atoms with E-state index in [1.165, 1.54) is 26.2 Å². The number of aryl methyl sites for hydroxylation is 1. The minimum atomic E-state index is -0.916. The van der Waals surface area contributed by atoms with Gasteiger partial charge in [-0.3, -0.25) is 0 Å². The van der Waals surface area contributed by atoms with Crippen molar-refractivity contribution in [2.75, 3.05) is 7.11 Å². The Morgan fingerprint density at radius 2 is 1.66 bits per heavy atom. The lowest BCUT2D eigenvalue weighted by molar-refractivity contribution is -0.150. The second-order valence-electron chi connectivity index (χ2n) is 8.78. The van der Waals surface area contributed by atoms with Crippen molar-refractivity contribution in [1.29, 1.82) is 0 Å². The third kappa shape index (κ3) is 6.97. The van der Waals surface area contributed by atoms with E-state index in [0.717, 1.165) is 11.1 Å². The highest BCUT2D eigenvalue weighted by atomic mass is 19.1. The third-order valence-corrected chi connectivity index (χ3v) is 4.83. The zero-order valence-corrected chi connectivity index (χ0v) is 19.7. The highest BCUT2D eigenvalue weighted by Gasteiger charge is 2.30. The van der Waals surface area contributed by atoms with Crippen LogP contribution in [0.5, 0.6) is 5.75 Å². The van der Waals surface area contributed by atoms with Gasteiger partial charge in [-0.15, -0.1) is 0 Å². The molecule has 1 N–H and O–H groups in total. The number of hydrogen-bond donors (Lipinski definition) is 1. The number of hydrogen-bond acceptors (Lipinski definition) is 5. The van der Waals surface area contributed by atoms with Crippen LogP contribution in [0.4, 0.5) is 9.18 Å². The summed E-state index contributed by atoms with van der Waals surface area (Å²) in [6.07, 6.45) is -1.34. The Kier molecular flexibility index (Phi) is 8.25. The first-order valence-electron chi connectivity index (χ1n) is 10.5. The van der Waals surface area contributed by atoms with Gasteiger partial charge in [-0.1, -0.05) is 35.9 Å². The first-order valence-corrected chi connectivity index (χ1v) is 10.5. The summed E-state index contributed by atoms with van der Waals surface area (Å²) in [5, 5.41) is 2.49. The van der Waals surface area contributed by atoms with Crippen LogP contribution >= 0.6 is 0 Å². The Morgan fingerprint density at radius 3 is 2.22 bits per heavy atom. The molecule has 0 heterocycles. The molecule has 0 unspecified atom stereocenters.